The summed E-state index contributed by atoms with van der Waals surface area (Å²) in [6.07, 6.45) is -1.60. The number of likely N-dealkylation sites (tertiary alicyclic amines) is 1. The lowest BCUT2D eigenvalue weighted by Crippen LogP contribution is -2.51. The van der Waals surface area contributed by atoms with E-state index in [1.54, 1.807) is 0 Å². The minimum atomic E-state index is -1.17. The standard InChI is InChI=1S/C33H35NO6/c35-29(22-38-20-24-6-2-1-3-7-24)23-39-30-14-12-27(13-15-30)31-16-17-34(33(36)37)19-32(31)40-21-25-10-11-26-8-4-5-9-28(26)18-25/h1-15,18,29,31-32,35H,16-17,19-23H2,(H,36,37)/p-1. The molecule has 1 saturated heterocycles. The van der Waals surface area contributed by atoms with E-state index in [2.05, 4.69) is 24.3 Å². The molecule has 0 aliphatic carbocycles. The van der Waals surface area contributed by atoms with Crippen molar-refractivity contribution in [2.75, 3.05) is 26.3 Å². The number of rotatable bonds is 11. The Labute approximate surface area is 234 Å². The maximum Gasteiger partial charge on any atom is 0.137 e. The van der Waals surface area contributed by atoms with Gasteiger partial charge in [-0.05, 0) is 52.1 Å². The number of fused-ring (bicyclic) bond motifs is 1. The summed E-state index contributed by atoms with van der Waals surface area (Å²) in [6.45, 7) is 1.78. The Morgan fingerprint density at radius 2 is 1.62 bits per heavy atom. The quantitative estimate of drug-likeness (QED) is 0.301. The van der Waals surface area contributed by atoms with E-state index in [0.29, 0.717) is 31.9 Å². The summed E-state index contributed by atoms with van der Waals surface area (Å²) >= 11 is 0. The average molecular weight is 541 g/mol. The summed E-state index contributed by atoms with van der Waals surface area (Å²) in [4.78, 5) is 12.9. The topological polar surface area (TPSA) is 91.3 Å². The number of benzene rings is 4. The first kappa shape index (κ1) is 27.6. The number of hydrogen-bond donors (Lipinski definition) is 1. The molecule has 4 aromatic rings. The molecular formula is C33H34NO6-. The van der Waals surface area contributed by atoms with Crippen molar-refractivity contribution in [3.8, 4) is 5.75 Å². The number of ether oxygens (including phenoxy) is 3. The van der Waals surface area contributed by atoms with Crippen molar-refractivity contribution in [3.05, 3.63) is 114 Å². The Bertz CT molecular complexity index is 1380. The lowest BCUT2D eigenvalue weighted by atomic mass is 9.87. The fourth-order valence-electron chi connectivity index (χ4n) is 5.10. The van der Waals surface area contributed by atoms with Gasteiger partial charge >= 0.3 is 0 Å². The number of carboxylic acid groups (broad SMARTS) is 1. The van der Waals surface area contributed by atoms with Gasteiger partial charge < -0.3 is 34.1 Å². The number of carbonyl (C=O) groups is 1. The van der Waals surface area contributed by atoms with Crippen molar-refractivity contribution in [3.63, 3.8) is 0 Å². The normalized spacial score (nSPS) is 18.0. The maximum atomic E-state index is 11.6. The molecule has 1 amide bonds. The van der Waals surface area contributed by atoms with E-state index in [1.165, 1.54) is 10.3 Å². The minimum absolute atomic E-state index is 0.0297. The third-order valence-corrected chi connectivity index (χ3v) is 7.27. The molecule has 40 heavy (non-hydrogen) atoms. The van der Waals surface area contributed by atoms with Gasteiger partial charge in [-0.15, -0.1) is 0 Å². The van der Waals surface area contributed by atoms with E-state index < -0.39 is 12.2 Å². The second kappa shape index (κ2) is 13.4. The number of carbonyl (C=O) groups excluding carboxylic acids is 1. The number of hydrogen-bond acceptors (Lipinski definition) is 6. The zero-order valence-corrected chi connectivity index (χ0v) is 22.4. The zero-order chi connectivity index (χ0) is 27.7. The molecule has 1 aliphatic rings. The summed E-state index contributed by atoms with van der Waals surface area (Å²) in [5.74, 6) is 0.675. The highest BCUT2D eigenvalue weighted by Gasteiger charge is 2.31. The van der Waals surface area contributed by atoms with Crippen LogP contribution in [0.4, 0.5) is 4.79 Å². The lowest BCUT2D eigenvalue weighted by molar-refractivity contribution is -0.268. The Kier molecular flexibility index (Phi) is 9.29. The van der Waals surface area contributed by atoms with Crippen LogP contribution in [0, 0.1) is 0 Å². The molecule has 0 radical (unpaired) electrons. The molecule has 0 saturated carbocycles. The smallest absolute Gasteiger partial charge is 0.137 e. The third-order valence-electron chi connectivity index (χ3n) is 7.27. The fourth-order valence-corrected chi connectivity index (χ4v) is 5.10. The van der Waals surface area contributed by atoms with Crippen molar-refractivity contribution in [2.45, 2.75) is 37.8 Å². The summed E-state index contributed by atoms with van der Waals surface area (Å²) < 4.78 is 17.7. The predicted octanol–water partition coefficient (Wildman–Crippen LogP) is 4.51. The summed E-state index contributed by atoms with van der Waals surface area (Å²) in [6, 6.07) is 31.9. The van der Waals surface area contributed by atoms with Gasteiger partial charge in [0.1, 0.15) is 24.6 Å². The van der Waals surface area contributed by atoms with Crippen molar-refractivity contribution < 1.29 is 29.2 Å². The van der Waals surface area contributed by atoms with Gasteiger partial charge in [0, 0.05) is 19.0 Å². The first-order valence-electron chi connectivity index (χ1n) is 13.6. The van der Waals surface area contributed by atoms with E-state index in [0.717, 1.165) is 22.1 Å². The van der Waals surface area contributed by atoms with Crippen molar-refractivity contribution in [2.24, 2.45) is 0 Å². The first-order valence-corrected chi connectivity index (χ1v) is 13.6. The highest BCUT2D eigenvalue weighted by Crippen LogP contribution is 2.32. The number of nitrogens with zero attached hydrogens (tertiary/aromatic N) is 1. The summed E-state index contributed by atoms with van der Waals surface area (Å²) in [5.41, 5.74) is 3.15. The Balaban J connectivity index is 1.16. The number of aliphatic hydroxyl groups is 1. The second-order valence-electron chi connectivity index (χ2n) is 10.2. The molecule has 0 aromatic heterocycles. The van der Waals surface area contributed by atoms with Gasteiger partial charge in [0.15, 0.2) is 0 Å². The Hall–Kier alpha value is -3.91. The molecule has 3 unspecified atom stereocenters. The predicted molar refractivity (Wildman–Crippen MR) is 151 cm³/mol. The highest BCUT2D eigenvalue weighted by molar-refractivity contribution is 5.82. The average Bonchev–Trinajstić information content (AvgIpc) is 2.99. The van der Waals surface area contributed by atoms with Crippen molar-refractivity contribution in [1.82, 2.24) is 4.90 Å². The zero-order valence-electron chi connectivity index (χ0n) is 22.4. The van der Waals surface area contributed by atoms with Gasteiger partial charge in [-0.2, -0.15) is 0 Å². The van der Waals surface area contributed by atoms with Crippen LogP contribution in [0.15, 0.2) is 97.1 Å². The van der Waals surface area contributed by atoms with Crippen LogP contribution < -0.4 is 9.84 Å². The van der Waals surface area contributed by atoms with Crippen LogP contribution >= 0.6 is 0 Å². The minimum Gasteiger partial charge on any atom is -0.530 e. The number of amides is 1. The molecule has 7 nitrogen and oxygen atoms in total. The van der Waals surface area contributed by atoms with Gasteiger partial charge in [-0.3, -0.25) is 0 Å². The van der Waals surface area contributed by atoms with Crippen LogP contribution in [0.5, 0.6) is 5.75 Å². The van der Waals surface area contributed by atoms with E-state index in [9.17, 15) is 15.0 Å². The Morgan fingerprint density at radius 1 is 0.875 bits per heavy atom. The molecule has 1 aliphatic heterocycles. The number of piperidine rings is 1. The molecule has 5 rings (SSSR count). The molecule has 3 atom stereocenters. The second-order valence-corrected chi connectivity index (χ2v) is 10.2. The Morgan fingerprint density at radius 3 is 2.40 bits per heavy atom. The first-order chi connectivity index (χ1) is 19.5. The van der Waals surface area contributed by atoms with Gasteiger partial charge in [-0.1, -0.05) is 78.9 Å². The molecule has 1 fully saturated rings. The van der Waals surface area contributed by atoms with Crippen LogP contribution in [0.1, 0.15) is 29.0 Å². The van der Waals surface area contributed by atoms with Gasteiger partial charge in [-0.25, -0.2) is 0 Å². The molecule has 7 heteroatoms. The molecule has 0 spiro atoms. The van der Waals surface area contributed by atoms with Crippen molar-refractivity contribution >= 4 is 16.9 Å². The molecule has 0 bridgehead atoms. The van der Waals surface area contributed by atoms with Crippen LogP contribution in [-0.4, -0.2) is 54.6 Å². The maximum absolute atomic E-state index is 11.6. The molecule has 1 N–H and O–H groups in total. The third kappa shape index (κ3) is 7.39. The van der Waals surface area contributed by atoms with Gasteiger partial charge in [0.05, 0.1) is 25.9 Å². The largest absolute Gasteiger partial charge is 0.530 e. The molecule has 1 heterocycles. The van der Waals surface area contributed by atoms with E-state index >= 15 is 0 Å². The SMILES string of the molecule is O=C([O-])N1CCC(c2ccc(OCC(O)COCc3ccccc3)cc2)C(OCc2ccc3ccccc3c2)C1. The summed E-state index contributed by atoms with van der Waals surface area (Å²) in [5, 5.41) is 24.1. The summed E-state index contributed by atoms with van der Waals surface area (Å²) in [7, 11) is 0. The van der Waals surface area contributed by atoms with Crippen LogP contribution in [-0.2, 0) is 22.7 Å². The molecule has 4 aromatic carbocycles. The van der Waals surface area contributed by atoms with Crippen molar-refractivity contribution in [1.29, 1.82) is 0 Å². The van der Waals surface area contributed by atoms with E-state index in [1.807, 2.05) is 72.8 Å². The van der Waals surface area contributed by atoms with E-state index in [4.69, 9.17) is 14.2 Å². The van der Waals surface area contributed by atoms with E-state index in [-0.39, 0.29) is 31.8 Å². The van der Waals surface area contributed by atoms with Crippen LogP contribution in [0.25, 0.3) is 10.8 Å². The highest BCUT2D eigenvalue weighted by atomic mass is 16.5. The monoisotopic (exact) mass is 540 g/mol. The lowest BCUT2D eigenvalue weighted by Gasteiger charge is -2.40. The number of aliphatic hydroxyl groups excluding tert-OH is 1. The molecular weight excluding hydrogens is 506 g/mol. The van der Waals surface area contributed by atoms with Crippen LogP contribution in [0.2, 0.25) is 0 Å². The van der Waals surface area contributed by atoms with Gasteiger partial charge in [0.25, 0.3) is 0 Å². The molecule has 208 valence electrons. The van der Waals surface area contributed by atoms with Crippen LogP contribution in [0.3, 0.4) is 0 Å². The fraction of sp³-hybridized carbons (Fsp3) is 0.303. The van der Waals surface area contributed by atoms with Gasteiger partial charge in [0.2, 0.25) is 0 Å².